The van der Waals surface area contributed by atoms with Crippen molar-refractivity contribution in [2.45, 2.75) is 20.3 Å². The maximum Gasteiger partial charge on any atom is 0.237 e. The number of carbonyl (C=O) groups excluding carboxylic acids is 2. The van der Waals surface area contributed by atoms with Crippen molar-refractivity contribution in [2.24, 2.45) is 0 Å². The van der Waals surface area contributed by atoms with Crippen LogP contribution in [0, 0.1) is 0 Å². The van der Waals surface area contributed by atoms with Gasteiger partial charge in [-0.3, -0.25) is 14.5 Å². The number of hydrogen-bond acceptors (Lipinski definition) is 2. The highest BCUT2D eigenvalue weighted by Gasteiger charge is 2.18. The summed E-state index contributed by atoms with van der Waals surface area (Å²) in [5.74, 6) is -0.475. The van der Waals surface area contributed by atoms with Crippen molar-refractivity contribution in [3.8, 4) is 0 Å². The molecule has 0 unspecified atom stereocenters. The van der Waals surface area contributed by atoms with Crippen molar-refractivity contribution in [3.63, 3.8) is 0 Å². The van der Waals surface area contributed by atoms with E-state index in [-0.39, 0.29) is 18.2 Å². The van der Waals surface area contributed by atoms with E-state index in [1.165, 1.54) is 11.8 Å². The Balaban J connectivity index is 2.92. The molecular weight excluding hydrogens is 202 g/mol. The summed E-state index contributed by atoms with van der Waals surface area (Å²) in [6.45, 7) is 3.23. The molecule has 0 saturated heterocycles. The van der Waals surface area contributed by atoms with Gasteiger partial charge in [0.25, 0.3) is 0 Å². The quantitative estimate of drug-likeness (QED) is 0.729. The second-order valence-corrected chi connectivity index (χ2v) is 3.36. The Morgan fingerprint density at radius 1 is 1.25 bits per heavy atom. The Hall–Kier alpha value is -1.90. The molecular formula is C13H15NO2. The molecule has 0 aliphatic carbocycles. The van der Waals surface area contributed by atoms with Crippen LogP contribution in [0.3, 0.4) is 0 Å². The molecule has 0 saturated carbocycles. The summed E-state index contributed by atoms with van der Waals surface area (Å²) in [5.41, 5.74) is 0.615. The van der Waals surface area contributed by atoms with E-state index in [1.807, 2.05) is 13.0 Å². The van der Waals surface area contributed by atoms with Crippen LogP contribution in [0.25, 0.3) is 0 Å². The molecule has 0 N–H and O–H groups in total. The molecule has 3 nitrogen and oxygen atoms in total. The number of amides is 2. The van der Waals surface area contributed by atoms with E-state index in [0.717, 1.165) is 0 Å². The van der Waals surface area contributed by atoms with Gasteiger partial charge in [0.05, 0.1) is 5.69 Å². The predicted molar refractivity (Wildman–Crippen MR) is 64.0 cm³/mol. The molecule has 3 heteroatoms. The fraction of sp³-hybridized carbons (Fsp3) is 0.231. The van der Waals surface area contributed by atoms with Gasteiger partial charge < -0.3 is 0 Å². The highest BCUT2D eigenvalue weighted by molar-refractivity contribution is 6.14. The van der Waals surface area contributed by atoms with E-state index in [0.29, 0.717) is 5.69 Å². The zero-order chi connectivity index (χ0) is 12.0. The first-order valence-electron chi connectivity index (χ1n) is 5.16. The van der Waals surface area contributed by atoms with Gasteiger partial charge >= 0.3 is 0 Å². The van der Waals surface area contributed by atoms with Crippen molar-refractivity contribution >= 4 is 17.5 Å². The maximum atomic E-state index is 11.8. The van der Waals surface area contributed by atoms with Crippen LogP contribution in [0.1, 0.15) is 20.3 Å². The highest BCUT2D eigenvalue weighted by atomic mass is 16.2. The first-order valence-corrected chi connectivity index (χ1v) is 5.16. The number of allylic oxidation sites excluding steroid dienone is 1. The first-order chi connectivity index (χ1) is 7.66. The minimum absolute atomic E-state index is 0.211. The van der Waals surface area contributed by atoms with Crippen molar-refractivity contribution in [1.82, 2.24) is 0 Å². The number of hydrogen-bond donors (Lipinski definition) is 0. The van der Waals surface area contributed by atoms with Crippen LogP contribution in [-0.2, 0) is 9.59 Å². The number of rotatable bonds is 3. The Labute approximate surface area is 95.4 Å². The van der Waals surface area contributed by atoms with Crippen molar-refractivity contribution in [3.05, 3.63) is 42.5 Å². The zero-order valence-electron chi connectivity index (χ0n) is 9.51. The van der Waals surface area contributed by atoms with Crippen molar-refractivity contribution in [2.75, 3.05) is 4.90 Å². The summed E-state index contributed by atoms with van der Waals surface area (Å²) in [6, 6.07) is 8.94. The lowest BCUT2D eigenvalue weighted by Crippen LogP contribution is -2.34. The Bertz CT molecular complexity index is 396. The van der Waals surface area contributed by atoms with Crippen molar-refractivity contribution < 1.29 is 9.59 Å². The van der Waals surface area contributed by atoms with Crippen molar-refractivity contribution in [1.29, 1.82) is 0 Å². The first kappa shape index (κ1) is 12.2. The number of carbonyl (C=O) groups is 2. The zero-order valence-corrected chi connectivity index (χ0v) is 9.51. The molecule has 0 radical (unpaired) electrons. The Morgan fingerprint density at radius 2 is 1.88 bits per heavy atom. The fourth-order valence-corrected chi connectivity index (χ4v) is 1.39. The molecule has 2 amide bonds. The van der Waals surface area contributed by atoms with Gasteiger partial charge in [-0.25, -0.2) is 0 Å². The summed E-state index contributed by atoms with van der Waals surface area (Å²) in [5, 5.41) is 0. The van der Waals surface area contributed by atoms with E-state index >= 15 is 0 Å². The van der Waals surface area contributed by atoms with E-state index in [9.17, 15) is 9.59 Å². The monoisotopic (exact) mass is 217 g/mol. The van der Waals surface area contributed by atoms with Crippen LogP contribution in [0.5, 0.6) is 0 Å². The summed E-state index contributed by atoms with van der Waals surface area (Å²) >= 11 is 0. The second-order valence-electron chi connectivity index (χ2n) is 3.36. The summed E-state index contributed by atoms with van der Waals surface area (Å²) in [6.07, 6.45) is 3.77. The minimum Gasteiger partial charge on any atom is -0.274 e. The summed E-state index contributed by atoms with van der Waals surface area (Å²) < 4.78 is 0. The molecule has 1 aromatic rings. The number of nitrogens with zero attached hydrogens (tertiary/aromatic N) is 1. The maximum absolute atomic E-state index is 11.8. The Kier molecular flexibility index (Phi) is 4.45. The van der Waals surface area contributed by atoms with E-state index in [1.54, 1.807) is 36.4 Å². The number of para-hydroxylation sites is 1. The lowest BCUT2D eigenvalue weighted by molar-refractivity contribution is -0.124. The average Bonchev–Trinajstić information content (AvgIpc) is 2.27. The molecule has 0 atom stereocenters. The number of anilines is 1. The standard InChI is InChI=1S/C13H15NO2/c1-3-4-10-13(16)14(11(2)15)12-8-6-5-7-9-12/h3-9H,10H2,1-2H3/b4-3+. The highest BCUT2D eigenvalue weighted by Crippen LogP contribution is 2.14. The van der Waals surface area contributed by atoms with E-state index < -0.39 is 0 Å². The number of benzene rings is 1. The SMILES string of the molecule is C/C=C/CC(=O)N(C(C)=O)c1ccccc1. The topological polar surface area (TPSA) is 37.4 Å². The predicted octanol–water partition coefficient (Wildman–Crippen LogP) is 2.53. The van der Waals surface area contributed by atoms with E-state index in [2.05, 4.69) is 0 Å². The van der Waals surface area contributed by atoms with Gasteiger partial charge in [-0.1, -0.05) is 30.4 Å². The molecule has 0 spiro atoms. The van der Waals surface area contributed by atoms with Crippen LogP contribution >= 0.6 is 0 Å². The third kappa shape index (κ3) is 3.05. The van der Waals surface area contributed by atoms with Crippen LogP contribution in [0.4, 0.5) is 5.69 Å². The molecule has 16 heavy (non-hydrogen) atoms. The van der Waals surface area contributed by atoms with E-state index in [4.69, 9.17) is 0 Å². The molecule has 1 aromatic carbocycles. The normalized spacial score (nSPS) is 10.4. The third-order valence-corrected chi connectivity index (χ3v) is 2.11. The van der Waals surface area contributed by atoms with Crippen LogP contribution in [0.15, 0.2) is 42.5 Å². The molecule has 0 heterocycles. The summed E-state index contributed by atoms with van der Waals surface area (Å²) in [7, 11) is 0. The van der Waals surface area contributed by atoms with Gasteiger partial charge in [-0.2, -0.15) is 0 Å². The second kappa shape index (κ2) is 5.85. The van der Waals surface area contributed by atoms with Gasteiger partial charge in [0.2, 0.25) is 11.8 Å². The van der Waals surface area contributed by atoms with Crippen LogP contribution in [-0.4, -0.2) is 11.8 Å². The average molecular weight is 217 g/mol. The van der Waals surface area contributed by atoms with Crippen LogP contribution in [0.2, 0.25) is 0 Å². The third-order valence-electron chi connectivity index (χ3n) is 2.11. The lowest BCUT2D eigenvalue weighted by atomic mass is 10.2. The molecule has 0 aliphatic rings. The van der Waals surface area contributed by atoms with Gasteiger partial charge in [-0.15, -0.1) is 0 Å². The van der Waals surface area contributed by atoms with Gasteiger partial charge in [0, 0.05) is 13.3 Å². The smallest absolute Gasteiger partial charge is 0.237 e. The van der Waals surface area contributed by atoms with Gasteiger partial charge in [-0.05, 0) is 19.1 Å². The molecule has 84 valence electrons. The fourth-order valence-electron chi connectivity index (χ4n) is 1.39. The molecule has 0 fully saturated rings. The van der Waals surface area contributed by atoms with Crippen LogP contribution < -0.4 is 4.90 Å². The number of imide groups is 1. The molecule has 1 rings (SSSR count). The summed E-state index contributed by atoms with van der Waals surface area (Å²) in [4.78, 5) is 24.4. The minimum atomic E-state index is -0.263. The molecule has 0 aliphatic heterocycles. The molecule has 0 aromatic heterocycles. The van der Waals surface area contributed by atoms with Gasteiger partial charge in [0.1, 0.15) is 0 Å². The van der Waals surface area contributed by atoms with Gasteiger partial charge in [0.15, 0.2) is 0 Å². The molecule has 0 bridgehead atoms. The Morgan fingerprint density at radius 3 is 2.38 bits per heavy atom. The largest absolute Gasteiger partial charge is 0.274 e. The lowest BCUT2D eigenvalue weighted by Gasteiger charge is -2.18.